The summed E-state index contributed by atoms with van der Waals surface area (Å²) in [6.07, 6.45) is 8.79. The predicted molar refractivity (Wildman–Crippen MR) is 146 cm³/mol. The molecular weight excluding hydrogens is 484 g/mol. The zero-order valence-electron chi connectivity index (χ0n) is 22.0. The Kier molecular flexibility index (Phi) is 11.5. The van der Waals surface area contributed by atoms with Gasteiger partial charge in [-0.1, -0.05) is 30.3 Å². The van der Waals surface area contributed by atoms with Gasteiger partial charge in [0.25, 0.3) is 0 Å². The maximum absolute atomic E-state index is 10.0. The van der Waals surface area contributed by atoms with E-state index in [1.807, 2.05) is 18.3 Å². The normalized spacial score (nSPS) is 17.4. The summed E-state index contributed by atoms with van der Waals surface area (Å²) in [6.45, 7) is 3.62. The molecule has 8 heteroatoms. The summed E-state index contributed by atoms with van der Waals surface area (Å²) in [5, 5.41) is 26.0. The standard InChI is InChI=1S/C28H36N2O2.C2H2O4/c1-32-26-12-13-28-27(19-26)24(14-16-29-28)11-5-10-23-15-18-30(20-25(23)21-31)17-6-9-22-7-3-2-4-8-22;3-1(4)2(5)6/h2-4,7-8,12-14,16,19,23,25,31H,5-6,9-11,15,17-18,20-21H2,1H3;(H,3,4)(H,5,6)/t23-,25-;/m1./s1. The number of fused-ring (bicyclic) bond motifs is 1. The topological polar surface area (TPSA) is 120 Å². The van der Waals surface area contributed by atoms with Crippen molar-refractivity contribution in [2.45, 2.75) is 38.5 Å². The number of hydrogen-bond acceptors (Lipinski definition) is 6. The number of rotatable bonds is 10. The highest BCUT2D eigenvalue weighted by Gasteiger charge is 2.28. The van der Waals surface area contributed by atoms with Crippen molar-refractivity contribution >= 4 is 22.8 Å². The fraction of sp³-hybridized carbons (Fsp3) is 0.433. The number of aromatic nitrogens is 1. The van der Waals surface area contributed by atoms with E-state index in [-0.39, 0.29) is 0 Å². The van der Waals surface area contributed by atoms with Crippen molar-refractivity contribution in [2.75, 3.05) is 33.4 Å². The minimum atomic E-state index is -1.82. The number of aliphatic hydroxyl groups excluding tert-OH is 1. The van der Waals surface area contributed by atoms with Crippen molar-refractivity contribution in [3.8, 4) is 5.75 Å². The number of nitrogens with zero attached hydrogens (tertiary/aromatic N) is 2. The number of hydrogen-bond donors (Lipinski definition) is 3. The van der Waals surface area contributed by atoms with Gasteiger partial charge in [0.1, 0.15) is 5.75 Å². The Bertz CT molecular complexity index is 1160. The number of aliphatic carboxylic acids is 2. The molecule has 2 heterocycles. The molecule has 0 bridgehead atoms. The number of aryl methyl sites for hydroxylation is 2. The zero-order valence-corrected chi connectivity index (χ0v) is 22.0. The van der Waals surface area contributed by atoms with Crippen LogP contribution in [0.2, 0.25) is 0 Å². The number of carboxylic acids is 2. The summed E-state index contributed by atoms with van der Waals surface area (Å²) in [6, 6.07) is 19.0. The number of piperidine rings is 1. The SMILES string of the molecule is COc1ccc2nccc(CCC[C@@H]3CCN(CCCc4ccccc4)C[C@@H]3CO)c2c1.O=C(O)C(=O)O. The maximum atomic E-state index is 10.0. The van der Waals surface area contributed by atoms with E-state index in [0.717, 1.165) is 50.2 Å². The first kappa shape index (κ1) is 29.1. The number of pyridine rings is 1. The van der Waals surface area contributed by atoms with Crippen molar-refractivity contribution in [1.82, 2.24) is 9.88 Å². The minimum Gasteiger partial charge on any atom is -0.497 e. The van der Waals surface area contributed by atoms with Crippen LogP contribution in [0.1, 0.15) is 36.8 Å². The molecule has 2 atom stereocenters. The van der Waals surface area contributed by atoms with Gasteiger partial charge in [-0.3, -0.25) is 4.98 Å². The summed E-state index contributed by atoms with van der Waals surface area (Å²) in [7, 11) is 1.71. The summed E-state index contributed by atoms with van der Waals surface area (Å²) in [5.74, 6) is -1.75. The lowest BCUT2D eigenvalue weighted by Crippen LogP contribution is -2.42. The van der Waals surface area contributed by atoms with Gasteiger partial charge >= 0.3 is 11.9 Å². The van der Waals surface area contributed by atoms with Gasteiger partial charge in [-0.25, -0.2) is 9.59 Å². The number of carboxylic acid groups (broad SMARTS) is 2. The van der Waals surface area contributed by atoms with Crippen molar-refractivity contribution in [3.63, 3.8) is 0 Å². The number of aliphatic hydroxyl groups is 1. The van der Waals surface area contributed by atoms with E-state index in [4.69, 9.17) is 24.5 Å². The van der Waals surface area contributed by atoms with Gasteiger partial charge in [-0.15, -0.1) is 0 Å². The van der Waals surface area contributed by atoms with Crippen LogP contribution < -0.4 is 4.74 Å². The largest absolute Gasteiger partial charge is 0.497 e. The van der Waals surface area contributed by atoms with Gasteiger partial charge in [0, 0.05) is 24.7 Å². The van der Waals surface area contributed by atoms with Crippen molar-refractivity contribution < 1.29 is 29.6 Å². The third-order valence-corrected chi connectivity index (χ3v) is 7.24. The van der Waals surface area contributed by atoms with Gasteiger partial charge in [0.2, 0.25) is 0 Å². The number of methoxy groups -OCH3 is 1. The smallest absolute Gasteiger partial charge is 0.414 e. The third kappa shape index (κ3) is 8.82. The number of likely N-dealkylation sites (tertiary alicyclic amines) is 1. The molecule has 4 rings (SSSR count). The van der Waals surface area contributed by atoms with E-state index in [2.05, 4.69) is 52.3 Å². The lowest BCUT2D eigenvalue weighted by Gasteiger charge is -2.38. The molecule has 0 amide bonds. The number of carbonyl (C=O) groups is 2. The van der Waals surface area contributed by atoms with Crippen LogP contribution in [0.3, 0.4) is 0 Å². The molecule has 1 aliphatic heterocycles. The molecule has 1 aliphatic rings. The predicted octanol–water partition coefficient (Wildman–Crippen LogP) is 4.28. The van der Waals surface area contributed by atoms with E-state index in [1.54, 1.807) is 7.11 Å². The fourth-order valence-corrected chi connectivity index (χ4v) is 5.18. The fourth-order valence-electron chi connectivity index (χ4n) is 5.18. The number of benzene rings is 2. The molecule has 8 nitrogen and oxygen atoms in total. The van der Waals surface area contributed by atoms with Gasteiger partial charge in [0.15, 0.2) is 0 Å². The van der Waals surface area contributed by atoms with Crippen molar-refractivity contribution in [3.05, 3.63) is 71.9 Å². The molecule has 0 saturated carbocycles. The average Bonchev–Trinajstić information content (AvgIpc) is 2.94. The van der Waals surface area contributed by atoms with Crippen LogP contribution in [0, 0.1) is 11.8 Å². The van der Waals surface area contributed by atoms with E-state index < -0.39 is 11.9 Å². The highest BCUT2D eigenvalue weighted by molar-refractivity contribution is 6.27. The van der Waals surface area contributed by atoms with Gasteiger partial charge in [-0.2, -0.15) is 0 Å². The molecule has 0 aliphatic carbocycles. The molecule has 2 aromatic carbocycles. The van der Waals surface area contributed by atoms with Crippen LogP contribution in [0.4, 0.5) is 0 Å². The molecule has 1 fully saturated rings. The van der Waals surface area contributed by atoms with E-state index >= 15 is 0 Å². The summed E-state index contributed by atoms with van der Waals surface area (Å²) < 4.78 is 5.41. The minimum absolute atomic E-state index is 0.301. The van der Waals surface area contributed by atoms with Crippen LogP contribution in [-0.4, -0.2) is 70.5 Å². The summed E-state index contributed by atoms with van der Waals surface area (Å²) in [4.78, 5) is 25.3. The van der Waals surface area contributed by atoms with Gasteiger partial charge in [-0.05, 0) is 98.8 Å². The first-order valence-electron chi connectivity index (χ1n) is 13.2. The second kappa shape index (κ2) is 15.1. The first-order chi connectivity index (χ1) is 18.4. The van der Waals surface area contributed by atoms with Crippen molar-refractivity contribution in [2.24, 2.45) is 11.8 Å². The zero-order chi connectivity index (χ0) is 27.3. The molecule has 3 N–H and O–H groups in total. The lowest BCUT2D eigenvalue weighted by molar-refractivity contribution is -0.159. The molecule has 204 valence electrons. The Balaban J connectivity index is 0.000000599. The molecule has 0 spiro atoms. The first-order valence-corrected chi connectivity index (χ1v) is 13.2. The Labute approximate surface area is 223 Å². The second-order valence-corrected chi connectivity index (χ2v) is 9.74. The Hall–Kier alpha value is -3.49. The molecule has 38 heavy (non-hydrogen) atoms. The van der Waals surface area contributed by atoms with Gasteiger partial charge < -0.3 is 25.0 Å². The summed E-state index contributed by atoms with van der Waals surface area (Å²) >= 11 is 0. The summed E-state index contributed by atoms with van der Waals surface area (Å²) in [5.41, 5.74) is 3.79. The molecular formula is C30H38N2O6. The Morgan fingerprint density at radius 3 is 2.45 bits per heavy atom. The maximum Gasteiger partial charge on any atom is 0.414 e. The van der Waals surface area contributed by atoms with E-state index in [0.29, 0.717) is 18.4 Å². The van der Waals surface area contributed by atoms with E-state index in [1.165, 1.54) is 35.8 Å². The molecule has 0 radical (unpaired) electrons. The average molecular weight is 523 g/mol. The highest BCUT2D eigenvalue weighted by atomic mass is 16.5. The van der Waals surface area contributed by atoms with Crippen LogP contribution in [-0.2, 0) is 22.4 Å². The van der Waals surface area contributed by atoms with Crippen LogP contribution >= 0.6 is 0 Å². The Morgan fingerprint density at radius 1 is 1.00 bits per heavy atom. The van der Waals surface area contributed by atoms with Crippen molar-refractivity contribution in [1.29, 1.82) is 0 Å². The van der Waals surface area contributed by atoms with E-state index in [9.17, 15) is 5.11 Å². The Morgan fingerprint density at radius 2 is 1.76 bits per heavy atom. The molecule has 3 aromatic rings. The molecule has 1 aromatic heterocycles. The van der Waals surface area contributed by atoms with Crippen LogP contribution in [0.5, 0.6) is 5.75 Å². The highest BCUT2D eigenvalue weighted by Crippen LogP contribution is 2.29. The second-order valence-electron chi connectivity index (χ2n) is 9.74. The molecule has 1 saturated heterocycles. The quantitative estimate of drug-likeness (QED) is 0.338. The van der Waals surface area contributed by atoms with Crippen LogP contribution in [0.15, 0.2) is 60.8 Å². The molecule has 0 unspecified atom stereocenters. The lowest BCUT2D eigenvalue weighted by atomic mass is 9.82. The number of ether oxygens (including phenoxy) is 1. The van der Waals surface area contributed by atoms with Crippen LogP contribution in [0.25, 0.3) is 10.9 Å². The third-order valence-electron chi connectivity index (χ3n) is 7.24. The monoisotopic (exact) mass is 522 g/mol. The van der Waals surface area contributed by atoms with Gasteiger partial charge in [0.05, 0.1) is 12.6 Å².